The zero-order chi connectivity index (χ0) is 17.3. The van der Waals surface area contributed by atoms with Gasteiger partial charge in [0.15, 0.2) is 0 Å². The van der Waals surface area contributed by atoms with Crippen LogP contribution in [0.4, 0.5) is 5.69 Å². The summed E-state index contributed by atoms with van der Waals surface area (Å²) in [5, 5.41) is 6.35. The summed E-state index contributed by atoms with van der Waals surface area (Å²) in [6, 6.07) is 7.92. The first-order valence-corrected chi connectivity index (χ1v) is 8.82. The molecule has 0 aliphatic carbocycles. The van der Waals surface area contributed by atoms with Crippen LogP contribution >= 0.6 is 12.4 Å². The van der Waals surface area contributed by atoms with E-state index < -0.39 is 5.41 Å². The van der Waals surface area contributed by atoms with Crippen LogP contribution in [0.2, 0.25) is 0 Å². The van der Waals surface area contributed by atoms with E-state index in [4.69, 9.17) is 0 Å². The van der Waals surface area contributed by atoms with Crippen LogP contribution in [0.25, 0.3) is 0 Å². The molecule has 0 spiro atoms. The largest absolute Gasteiger partial charge is 0.331 e. The summed E-state index contributed by atoms with van der Waals surface area (Å²) in [5.41, 5.74) is 0.703. The Balaban J connectivity index is 0.00000225. The lowest BCUT2D eigenvalue weighted by Crippen LogP contribution is -2.43. The smallest absolute Gasteiger partial charge is 0.256 e. The predicted octanol–water partition coefficient (Wildman–Crippen LogP) is 3.06. The number of anilines is 1. The molecule has 0 saturated carbocycles. The first-order valence-electron chi connectivity index (χ1n) is 8.82. The molecule has 2 atom stereocenters. The van der Waals surface area contributed by atoms with Gasteiger partial charge in [0.2, 0.25) is 5.91 Å². The van der Waals surface area contributed by atoms with Crippen molar-refractivity contribution >= 4 is 29.9 Å². The molecule has 2 saturated heterocycles. The maximum atomic E-state index is 13.2. The van der Waals surface area contributed by atoms with Gasteiger partial charge in [-0.2, -0.15) is 0 Å². The Hall–Kier alpha value is -1.59. The van der Waals surface area contributed by atoms with E-state index in [9.17, 15) is 9.59 Å². The van der Waals surface area contributed by atoms with Crippen molar-refractivity contribution in [3.8, 4) is 0 Å². The van der Waals surface area contributed by atoms with E-state index in [0.29, 0.717) is 17.3 Å². The highest BCUT2D eigenvalue weighted by atomic mass is 35.5. The number of rotatable bonds is 2. The lowest BCUT2D eigenvalue weighted by atomic mass is 9.95. The topological polar surface area (TPSA) is 61.4 Å². The van der Waals surface area contributed by atoms with Gasteiger partial charge in [0.25, 0.3) is 5.91 Å². The third-order valence-electron chi connectivity index (χ3n) is 4.98. The number of fused-ring (bicyclic) bond motifs is 2. The highest BCUT2D eigenvalue weighted by molar-refractivity contribution is 6.05. The summed E-state index contributed by atoms with van der Waals surface area (Å²) in [4.78, 5) is 27.6. The first kappa shape index (κ1) is 19.7. The number of benzene rings is 1. The fourth-order valence-corrected chi connectivity index (χ4v) is 3.54. The summed E-state index contributed by atoms with van der Waals surface area (Å²) < 4.78 is 0. The Morgan fingerprint density at radius 3 is 2.52 bits per heavy atom. The van der Waals surface area contributed by atoms with E-state index in [2.05, 4.69) is 10.6 Å². The number of nitrogens with zero attached hydrogens (tertiary/aromatic N) is 1. The van der Waals surface area contributed by atoms with Gasteiger partial charge in [-0.15, -0.1) is 12.4 Å². The maximum Gasteiger partial charge on any atom is 0.256 e. The minimum atomic E-state index is -0.498. The number of carbonyl (C=O) groups is 2. The Bertz CT molecular complexity index is 628. The number of hydrogen-bond donors (Lipinski definition) is 2. The van der Waals surface area contributed by atoms with Gasteiger partial charge in [-0.25, -0.2) is 0 Å². The molecule has 1 aromatic rings. The van der Waals surface area contributed by atoms with Gasteiger partial charge in [0.05, 0.1) is 11.3 Å². The molecule has 3 rings (SSSR count). The number of halogens is 1. The summed E-state index contributed by atoms with van der Waals surface area (Å²) in [6.07, 6.45) is 3.13. The molecule has 2 aliphatic heterocycles. The second-order valence-electron chi connectivity index (χ2n) is 7.84. The van der Waals surface area contributed by atoms with Crippen molar-refractivity contribution in [3.05, 3.63) is 29.8 Å². The Morgan fingerprint density at radius 1 is 1.12 bits per heavy atom. The van der Waals surface area contributed by atoms with E-state index in [-0.39, 0.29) is 30.3 Å². The number of carbonyl (C=O) groups excluding carboxylic acids is 2. The molecule has 2 bridgehead atoms. The second kappa shape index (κ2) is 7.75. The maximum absolute atomic E-state index is 13.2. The quantitative estimate of drug-likeness (QED) is 0.846. The van der Waals surface area contributed by atoms with Crippen LogP contribution in [-0.4, -0.2) is 41.9 Å². The third kappa shape index (κ3) is 4.15. The van der Waals surface area contributed by atoms with E-state index in [1.54, 1.807) is 0 Å². The third-order valence-corrected chi connectivity index (χ3v) is 4.98. The van der Waals surface area contributed by atoms with Crippen LogP contribution in [0.3, 0.4) is 0 Å². The number of nitrogens with one attached hydrogen (secondary N) is 2. The van der Waals surface area contributed by atoms with Gasteiger partial charge in [-0.05, 0) is 37.9 Å². The van der Waals surface area contributed by atoms with Crippen LogP contribution in [0.5, 0.6) is 0 Å². The standard InChI is InChI=1S/C19H27N3O2.ClH/c1-19(2,3)18(24)21-16-7-5-4-6-15(16)17(23)22-13-8-9-14(22)12-20-11-10-13;/h4-7,13-14,20H,8-12H2,1-3H3,(H,21,24);1H. The van der Waals surface area contributed by atoms with Gasteiger partial charge in [-0.3, -0.25) is 9.59 Å². The summed E-state index contributed by atoms with van der Waals surface area (Å²) >= 11 is 0. The zero-order valence-corrected chi connectivity index (χ0v) is 16.0. The molecule has 5 nitrogen and oxygen atoms in total. The molecule has 2 heterocycles. The summed E-state index contributed by atoms with van der Waals surface area (Å²) in [7, 11) is 0. The monoisotopic (exact) mass is 365 g/mol. The minimum Gasteiger partial charge on any atom is -0.331 e. The average molecular weight is 366 g/mol. The van der Waals surface area contributed by atoms with E-state index in [0.717, 1.165) is 32.4 Å². The van der Waals surface area contributed by atoms with Crippen LogP contribution < -0.4 is 10.6 Å². The van der Waals surface area contributed by atoms with Crippen molar-refractivity contribution in [1.82, 2.24) is 10.2 Å². The molecule has 2 amide bonds. The van der Waals surface area contributed by atoms with Crippen molar-refractivity contribution in [1.29, 1.82) is 0 Å². The van der Waals surface area contributed by atoms with Gasteiger partial charge in [0.1, 0.15) is 0 Å². The molecule has 1 aromatic carbocycles. The Kier molecular flexibility index (Phi) is 6.12. The molecule has 2 aliphatic rings. The number of para-hydroxylation sites is 1. The van der Waals surface area contributed by atoms with Crippen molar-refractivity contribution in [3.63, 3.8) is 0 Å². The van der Waals surface area contributed by atoms with E-state index in [1.807, 2.05) is 49.9 Å². The molecular formula is C19H28ClN3O2. The molecule has 2 fully saturated rings. The van der Waals surface area contributed by atoms with E-state index in [1.165, 1.54) is 0 Å². The fourth-order valence-electron chi connectivity index (χ4n) is 3.54. The molecule has 2 unspecified atom stereocenters. The van der Waals surface area contributed by atoms with Crippen molar-refractivity contribution in [2.45, 2.75) is 52.1 Å². The van der Waals surface area contributed by atoms with Crippen molar-refractivity contribution in [2.24, 2.45) is 5.41 Å². The van der Waals surface area contributed by atoms with Gasteiger partial charge < -0.3 is 15.5 Å². The van der Waals surface area contributed by atoms with Crippen LogP contribution in [0.15, 0.2) is 24.3 Å². The molecular weight excluding hydrogens is 338 g/mol. The van der Waals surface area contributed by atoms with Gasteiger partial charge in [0, 0.05) is 24.0 Å². The van der Waals surface area contributed by atoms with Gasteiger partial charge in [-0.1, -0.05) is 32.9 Å². The van der Waals surface area contributed by atoms with Crippen LogP contribution in [-0.2, 0) is 4.79 Å². The summed E-state index contributed by atoms with van der Waals surface area (Å²) in [6.45, 7) is 7.43. The molecule has 25 heavy (non-hydrogen) atoms. The van der Waals surface area contributed by atoms with Gasteiger partial charge >= 0.3 is 0 Å². The lowest BCUT2D eigenvalue weighted by Gasteiger charge is -2.29. The fraction of sp³-hybridized carbons (Fsp3) is 0.579. The van der Waals surface area contributed by atoms with Crippen LogP contribution in [0, 0.1) is 5.41 Å². The van der Waals surface area contributed by atoms with E-state index >= 15 is 0 Å². The molecule has 2 N–H and O–H groups in total. The van der Waals surface area contributed by atoms with Crippen molar-refractivity contribution in [2.75, 3.05) is 18.4 Å². The van der Waals surface area contributed by atoms with Crippen molar-refractivity contribution < 1.29 is 9.59 Å². The predicted molar refractivity (Wildman–Crippen MR) is 102 cm³/mol. The van der Waals surface area contributed by atoms with Crippen LogP contribution in [0.1, 0.15) is 50.4 Å². The molecule has 6 heteroatoms. The Labute approximate surface area is 155 Å². The lowest BCUT2D eigenvalue weighted by molar-refractivity contribution is -0.123. The SMILES string of the molecule is CC(C)(C)C(=O)Nc1ccccc1C(=O)N1C2CCNCC1CC2.Cl. The highest BCUT2D eigenvalue weighted by Gasteiger charge is 2.39. The molecule has 138 valence electrons. The normalized spacial score (nSPS) is 22.8. The zero-order valence-electron chi connectivity index (χ0n) is 15.2. The number of amides is 2. The first-order chi connectivity index (χ1) is 11.4. The average Bonchev–Trinajstić information content (AvgIpc) is 2.79. The summed E-state index contributed by atoms with van der Waals surface area (Å²) in [5.74, 6) is -0.0423. The molecule has 0 radical (unpaired) electrons. The Morgan fingerprint density at radius 2 is 1.80 bits per heavy atom. The minimum absolute atomic E-state index is 0. The highest BCUT2D eigenvalue weighted by Crippen LogP contribution is 2.31. The molecule has 0 aromatic heterocycles. The second-order valence-corrected chi connectivity index (χ2v) is 7.84. The number of hydrogen-bond acceptors (Lipinski definition) is 3.